The van der Waals surface area contributed by atoms with E-state index in [0.29, 0.717) is 46.6 Å². The minimum atomic E-state index is -1.74. The molecule has 2 N–H and O–H groups in total. The second kappa shape index (κ2) is 11.8. The Balaban J connectivity index is 1.51. The van der Waals surface area contributed by atoms with Crippen LogP contribution in [-0.2, 0) is 36.5 Å². The van der Waals surface area contributed by atoms with Gasteiger partial charge in [0.25, 0.3) is 0 Å². The first kappa shape index (κ1) is 25.3. The Kier molecular flexibility index (Phi) is 8.28. The quantitative estimate of drug-likeness (QED) is 0.284. The van der Waals surface area contributed by atoms with E-state index in [1.807, 2.05) is 60.7 Å². The molecule has 4 aromatic carbocycles. The van der Waals surface area contributed by atoms with Gasteiger partial charge < -0.3 is 19.7 Å². The number of hydrogen-bond donors (Lipinski definition) is 2. The van der Waals surface area contributed by atoms with Gasteiger partial charge in [-0.2, -0.15) is 0 Å². The zero-order chi connectivity index (χ0) is 25.5. The standard InChI is InChI=1S/C30H30O5S/c1-34-25-11-3-7-21(19-25)15-17-23-9-5-13-27(29(23)31)36(33)28-14-6-10-24(30(28)32)18-16-22-8-4-12-26(20-22)35-2/h3-14,19-20,31-32H,15-18H2,1-2H3. The maximum absolute atomic E-state index is 13.5. The van der Waals surface area contributed by atoms with Crippen molar-refractivity contribution in [3.05, 3.63) is 107 Å². The lowest BCUT2D eigenvalue weighted by Crippen LogP contribution is -2.00. The largest absolute Gasteiger partial charge is 0.506 e. The molecule has 0 atom stereocenters. The van der Waals surface area contributed by atoms with Crippen LogP contribution in [0.25, 0.3) is 0 Å². The third-order valence-electron chi connectivity index (χ3n) is 6.20. The summed E-state index contributed by atoms with van der Waals surface area (Å²) in [6, 6.07) is 26.1. The molecule has 0 amide bonds. The summed E-state index contributed by atoms with van der Waals surface area (Å²) in [5.41, 5.74) is 3.58. The molecule has 0 spiro atoms. The number of methoxy groups -OCH3 is 2. The van der Waals surface area contributed by atoms with E-state index < -0.39 is 10.8 Å². The van der Waals surface area contributed by atoms with E-state index in [0.717, 1.165) is 22.6 Å². The highest BCUT2D eigenvalue weighted by Crippen LogP contribution is 2.35. The second-order valence-electron chi connectivity index (χ2n) is 8.50. The van der Waals surface area contributed by atoms with Crippen molar-refractivity contribution >= 4 is 10.8 Å². The molecule has 0 aliphatic heterocycles. The average molecular weight is 503 g/mol. The molecule has 0 aromatic heterocycles. The number of para-hydroxylation sites is 2. The fourth-order valence-electron chi connectivity index (χ4n) is 4.17. The molecule has 186 valence electrons. The van der Waals surface area contributed by atoms with Crippen LogP contribution < -0.4 is 9.47 Å². The highest BCUT2D eigenvalue weighted by atomic mass is 32.2. The summed E-state index contributed by atoms with van der Waals surface area (Å²) < 4.78 is 24.0. The van der Waals surface area contributed by atoms with E-state index in [1.54, 1.807) is 38.5 Å². The molecule has 0 aliphatic carbocycles. The van der Waals surface area contributed by atoms with Crippen molar-refractivity contribution in [1.82, 2.24) is 0 Å². The maximum atomic E-state index is 13.5. The molecule has 0 unspecified atom stereocenters. The summed E-state index contributed by atoms with van der Waals surface area (Å²) in [7, 11) is 1.53. The first-order valence-corrected chi connectivity index (χ1v) is 12.9. The molecule has 0 radical (unpaired) electrons. The van der Waals surface area contributed by atoms with Crippen LogP contribution in [0.4, 0.5) is 0 Å². The molecule has 0 fully saturated rings. The molecule has 0 bridgehead atoms. The molecule has 0 saturated carbocycles. The van der Waals surface area contributed by atoms with Gasteiger partial charge in [0.05, 0.1) is 34.8 Å². The van der Waals surface area contributed by atoms with Gasteiger partial charge in [-0.1, -0.05) is 48.5 Å². The summed E-state index contributed by atoms with van der Waals surface area (Å²) in [5.74, 6) is 1.57. The van der Waals surface area contributed by atoms with Crippen LogP contribution >= 0.6 is 0 Å². The highest BCUT2D eigenvalue weighted by molar-refractivity contribution is 7.85. The van der Waals surface area contributed by atoms with Crippen molar-refractivity contribution in [2.24, 2.45) is 0 Å². The summed E-state index contributed by atoms with van der Waals surface area (Å²) in [4.78, 5) is 0.580. The first-order chi connectivity index (χ1) is 17.5. The van der Waals surface area contributed by atoms with Crippen LogP contribution in [0.3, 0.4) is 0 Å². The SMILES string of the molecule is COc1cccc(CCc2cccc(S(=O)c3cccc(CCc4cccc(OC)c4)c3O)c2O)c1. The number of ether oxygens (including phenoxy) is 2. The van der Waals surface area contributed by atoms with Gasteiger partial charge in [-0.05, 0) is 84.3 Å². The third-order valence-corrected chi connectivity index (χ3v) is 7.66. The fourth-order valence-corrected chi connectivity index (χ4v) is 5.43. The highest BCUT2D eigenvalue weighted by Gasteiger charge is 2.19. The number of phenolic OH excluding ortho intramolecular Hbond substituents is 2. The van der Waals surface area contributed by atoms with Crippen LogP contribution in [0.15, 0.2) is 94.7 Å². The van der Waals surface area contributed by atoms with E-state index in [9.17, 15) is 14.4 Å². The Bertz CT molecular complexity index is 1260. The van der Waals surface area contributed by atoms with Gasteiger partial charge in [0.2, 0.25) is 0 Å². The van der Waals surface area contributed by atoms with Gasteiger partial charge in [0.1, 0.15) is 23.0 Å². The number of benzene rings is 4. The molecule has 4 rings (SSSR count). The Morgan fingerprint density at radius 2 is 1.03 bits per heavy atom. The topological polar surface area (TPSA) is 76.0 Å². The predicted molar refractivity (Wildman–Crippen MR) is 142 cm³/mol. The number of aromatic hydroxyl groups is 2. The van der Waals surface area contributed by atoms with E-state index in [-0.39, 0.29) is 11.5 Å². The van der Waals surface area contributed by atoms with Gasteiger partial charge in [0, 0.05) is 0 Å². The van der Waals surface area contributed by atoms with E-state index in [2.05, 4.69) is 0 Å². The van der Waals surface area contributed by atoms with Crippen molar-refractivity contribution in [1.29, 1.82) is 0 Å². The lowest BCUT2D eigenvalue weighted by Gasteiger charge is -2.13. The number of hydrogen-bond acceptors (Lipinski definition) is 5. The molecule has 0 heterocycles. The summed E-state index contributed by atoms with van der Waals surface area (Å²) in [5, 5.41) is 21.9. The monoisotopic (exact) mass is 502 g/mol. The number of rotatable bonds is 10. The predicted octanol–water partition coefficient (Wildman–Crippen LogP) is 5.85. The van der Waals surface area contributed by atoms with Crippen LogP contribution in [0, 0.1) is 0 Å². The van der Waals surface area contributed by atoms with Crippen molar-refractivity contribution in [3.63, 3.8) is 0 Å². The molecule has 5 nitrogen and oxygen atoms in total. The van der Waals surface area contributed by atoms with E-state index >= 15 is 0 Å². The average Bonchev–Trinajstić information content (AvgIpc) is 2.92. The summed E-state index contributed by atoms with van der Waals surface area (Å²) in [6.45, 7) is 0. The van der Waals surface area contributed by atoms with Crippen LogP contribution in [-0.4, -0.2) is 28.6 Å². The zero-order valence-electron chi connectivity index (χ0n) is 20.4. The van der Waals surface area contributed by atoms with Crippen LogP contribution in [0.5, 0.6) is 23.0 Å². The van der Waals surface area contributed by atoms with Gasteiger partial charge in [-0.3, -0.25) is 0 Å². The Labute approximate surface area is 214 Å². The zero-order valence-corrected chi connectivity index (χ0v) is 21.3. The van der Waals surface area contributed by atoms with Gasteiger partial charge in [-0.25, -0.2) is 4.21 Å². The molecule has 36 heavy (non-hydrogen) atoms. The summed E-state index contributed by atoms with van der Waals surface area (Å²) >= 11 is 0. The molecule has 0 aliphatic rings. The van der Waals surface area contributed by atoms with Gasteiger partial charge in [-0.15, -0.1) is 0 Å². The number of aryl methyl sites for hydroxylation is 4. The Morgan fingerprint density at radius 1 is 0.611 bits per heavy atom. The first-order valence-electron chi connectivity index (χ1n) is 11.8. The lowest BCUT2D eigenvalue weighted by atomic mass is 10.0. The lowest BCUT2D eigenvalue weighted by molar-refractivity contribution is 0.414. The molecular formula is C30H30O5S. The molecule has 0 saturated heterocycles. The Hall–Kier alpha value is -3.77. The third kappa shape index (κ3) is 5.89. The fraction of sp³-hybridized carbons (Fsp3) is 0.200. The normalized spacial score (nSPS) is 11.0. The van der Waals surface area contributed by atoms with Crippen molar-refractivity contribution in [2.45, 2.75) is 35.5 Å². The minimum Gasteiger partial charge on any atom is -0.506 e. The minimum absolute atomic E-state index is 0.0000805. The van der Waals surface area contributed by atoms with E-state index in [4.69, 9.17) is 9.47 Å². The molecule has 4 aromatic rings. The van der Waals surface area contributed by atoms with Crippen LogP contribution in [0.1, 0.15) is 22.3 Å². The van der Waals surface area contributed by atoms with Crippen LogP contribution in [0.2, 0.25) is 0 Å². The van der Waals surface area contributed by atoms with Crippen molar-refractivity contribution in [2.75, 3.05) is 14.2 Å². The maximum Gasteiger partial charge on any atom is 0.135 e. The smallest absolute Gasteiger partial charge is 0.135 e. The number of phenols is 2. The Morgan fingerprint density at radius 3 is 1.44 bits per heavy atom. The summed E-state index contributed by atoms with van der Waals surface area (Å²) in [6.07, 6.45) is 2.56. The van der Waals surface area contributed by atoms with Gasteiger partial charge >= 0.3 is 0 Å². The molecule has 6 heteroatoms. The van der Waals surface area contributed by atoms with E-state index in [1.165, 1.54) is 0 Å². The van der Waals surface area contributed by atoms with Gasteiger partial charge in [0.15, 0.2) is 0 Å². The second-order valence-corrected chi connectivity index (χ2v) is 9.92. The van der Waals surface area contributed by atoms with Crippen molar-refractivity contribution in [3.8, 4) is 23.0 Å². The molecular weight excluding hydrogens is 472 g/mol. The van der Waals surface area contributed by atoms with Crippen molar-refractivity contribution < 1.29 is 23.9 Å².